The highest BCUT2D eigenvalue weighted by Gasteiger charge is 2.60. The second kappa shape index (κ2) is 8.34. The lowest BCUT2D eigenvalue weighted by Crippen LogP contribution is -2.70. The van der Waals surface area contributed by atoms with Crippen LogP contribution in [0.4, 0.5) is 0 Å². The smallest absolute Gasteiger partial charge is 0.191 e. The Morgan fingerprint density at radius 2 is 1.93 bits per heavy atom. The van der Waals surface area contributed by atoms with Gasteiger partial charge in [-0.05, 0) is 39.5 Å². The first-order valence-corrected chi connectivity index (χ1v) is 10.8. The van der Waals surface area contributed by atoms with Crippen LogP contribution in [0.2, 0.25) is 0 Å². The summed E-state index contributed by atoms with van der Waals surface area (Å²) < 4.78 is 12.0. The largest absolute Gasteiger partial charge is 0.378 e. The highest BCUT2D eigenvalue weighted by Crippen LogP contribution is 2.55. The number of nitrogens with zero attached hydrogens (tertiary/aromatic N) is 1. The Balaban J connectivity index is 0.00000210. The lowest BCUT2D eigenvalue weighted by molar-refractivity contribution is -0.126. The van der Waals surface area contributed by atoms with Crippen molar-refractivity contribution >= 4 is 29.9 Å². The molecule has 4 rings (SSSR count). The predicted molar refractivity (Wildman–Crippen MR) is 120 cm³/mol. The lowest BCUT2D eigenvalue weighted by Gasteiger charge is -2.57. The first-order valence-electron chi connectivity index (χ1n) is 10.8. The normalized spacial score (nSPS) is 38.5. The topological polar surface area (TPSA) is 54.9 Å². The van der Waals surface area contributed by atoms with Crippen molar-refractivity contribution < 1.29 is 9.47 Å². The molecule has 0 amide bonds. The monoisotopic (exact) mass is 491 g/mol. The molecule has 1 saturated heterocycles. The van der Waals surface area contributed by atoms with Gasteiger partial charge in [0.1, 0.15) is 0 Å². The molecule has 5 unspecified atom stereocenters. The SMILES string of the molecule is CCN=C(NC1C2CCOC2C1(C)C)NC1CC(OCC)C12CCCC2.I. The van der Waals surface area contributed by atoms with Crippen molar-refractivity contribution in [3.05, 3.63) is 0 Å². The Morgan fingerprint density at radius 3 is 2.59 bits per heavy atom. The summed E-state index contributed by atoms with van der Waals surface area (Å²) in [6, 6.07) is 0.952. The summed E-state index contributed by atoms with van der Waals surface area (Å²) in [4.78, 5) is 4.79. The van der Waals surface area contributed by atoms with E-state index in [-0.39, 0.29) is 29.4 Å². The van der Waals surface area contributed by atoms with Gasteiger partial charge >= 0.3 is 0 Å². The molecule has 5 atom stereocenters. The molecule has 3 saturated carbocycles. The van der Waals surface area contributed by atoms with Gasteiger partial charge in [-0.2, -0.15) is 0 Å². The average Bonchev–Trinajstić information content (AvgIpc) is 3.28. The minimum absolute atomic E-state index is 0. The van der Waals surface area contributed by atoms with Crippen molar-refractivity contribution in [2.45, 2.75) is 90.5 Å². The van der Waals surface area contributed by atoms with E-state index in [1.165, 1.54) is 32.1 Å². The van der Waals surface area contributed by atoms with E-state index in [1.54, 1.807) is 0 Å². The number of aliphatic imine (C=N–C) groups is 1. The van der Waals surface area contributed by atoms with Gasteiger partial charge in [0.05, 0.1) is 12.2 Å². The third kappa shape index (κ3) is 3.52. The molecular weight excluding hydrogens is 453 g/mol. The van der Waals surface area contributed by atoms with Crippen LogP contribution in [-0.2, 0) is 9.47 Å². The average molecular weight is 491 g/mol. The highest BCUT2D eigenvalue weighted by atomic mass is 127. The van der Waals surface area contributed by atoms with Gasteiger partial charge in [-0.15, -0.1) is 24.0 Å². The zero-order valence-electron chi connectivity index (χ0n) is 17.4. The third-order valence-electron chi connectivity index (χ3n) is 7.71. The molecule has 4 aliphatic rings. The molecule has 1 spiro atoms. The van der Waals surface area contributed by atoms with E-state index in [0.717, 1.165) is 32.1 Å². The summed E-state index contributed by atoms with van der Waals surface area (Å²) in [5.41, 5.74) is 0.510. The van der Waals surface area contributed by atoms with Gasteiger partial charge in [0.15, 0.2) is 5.96 Å². The van der Waals surface area contributed by atoms with Crippen molar-refractivity contribution in [3.63, 3.8) is 0 Å². The molecule has 156 valence electrons. The summed E-state index contributed by atoms with van der Waals surface area (Å²) in [6.07, 6.45) is 8.40. The number of halogens is 1. The number of fused-ring (bicyclic) bond motifs is 1. The Hall–Kier alpha value is -0.0800. The van der Waals surface area contributed by atoms with Crippen LogP contribution in [0.25, 0.3) is 0 Å². The van der Waals surface area contributed by atoms with Crippen LogP contribution in [0.15, 0.2) is 4.99 Å². The van der Waals surface area contributed by atoms with Crippen LogP contribution in [0.3, 0.4) is 0 Å². The molecule has 1 aliphatic heterocycles. The van der Waals surface area contributed by atoms with Crippen LogP contribution < -0.4 is 10.6 Å². The molecule has 4 fully saturated rings. The fraction of sp³-hybridized carbons (Fsp3) is 0.952. The molecule has 0 aromatic carbocycles. The van der Waals surface area contributed by atoms with Crippen molar-refractivity contribution in [2.24, 2.45) is 21.7 Å². The summed E-state index contributed by atoms with van der Waals surface area (Å²) in [6.45, 7) is 11.4. The van der Waals surface area contributed by atoms with E-state index in [0.29, 0.717) is 35.6 Å². The van der Waals surface area contributed by atoms with E-state index < -0.39 is 0 Å². The fourth-order valence-electron chi connectivity index (χ4n) is 6.31. The molecule has 0 aromatic rings. The molecule has 0 radical (unpaired) electrons. The number of rotatable bonds is 5. The summed E-state index contributed by atoms with van der Waals surface area (Å²) in [5.74, 6) is 1.63. The molecule has 6 heteroatoms. The minimum atomic E-state index is 0. The number of guanidine groups is 1. The van der Waals surface area contributed by atoms with Gasteiger partial charge in [0, 0.05) is 48.6 Å². The maximum atomic E-state index is 6.07. The van der Waals surface area contributed by atoms with Gasteiger partial charge in [-0.1, -0.05) is 26.7 Å². The Labute approximate surface area is 181 Å². The van der Waals surface area contributed by atoms with Crippen molar-refractivity contribution in [3.8, 4) is 0 Å². The minimum Gasteiger partial charge on any atom is -0.378 e. The fourth-order valence-corrected chi connectivity index (χ4v) is 6.31. The Morgan fingerprint density at radius 1 is 1.19 bits per heavy atom. The van der Waals surface area contributed by atoms with Crippen LogP contribution in [0, 0.1) is 16.7 Å². The van der Waals surface area contributed by atoms with Crippen LogP contribution in [0.1, 0.15) is 66.2 Å². The van der Waals surface area contributed by atoms with Gasteiger partial charge in [0.25, 0.3) is 0 Å². The molecule has 0 bridgehead atoms. The van der Waals surface area contributed by atoms with Crippen molar-refractivity contribution in [1.29, 1.82) is 0 Å². The van der Waals surface area contributed by atoms with E-state index >= 15 is 0 Å². The quantitative estimate of drug-likeness (QED) is 0.350. The van der Waals surface area contributed by atoms with E-state index in [2.05, 4.69) is 38.3 Å². The molecule has 27 heavy (non-hydrogen) atoms. The van der Waals surface area contributed by atoms with Gasteiger partial charge in [-0.25, -0.2) is 0 Å². The number of ether oxygens (including phenoxy) is 2. The van der Waals surface area contributed by atoms with Gasteiger partial charge in [-0.3, -0.25) is 4.99 Å². The predicted octanol–water partition coefficient (Wildman–Crippen LogP) is 3.71. The second-order valence-corrected chi connectivity index (χ2v) is 9.33. The molecular formula is C21H38IN3O2. The summed E-state index contributed by atoms with van der Waals surface area (Å²) in [7, 11) is 0. The zero-order valence-corrected chi connectivity index (χ0v) is 19.8. The first-order chi connectivity index (χ1) is 12.5. The summed E-state index contributed by atoms with van der Waals surface area (Å²) in [5, 5.41) is 7.60. The standard InChI is InChI=1S/C21H37N3O2.HI/c1-5-22-19(24-17-14-9-12-26-18(14)20(17,3)4)23-15-13-16(25-6-2)21(15)10-7-8-11-21;/h14-18H,5-13H2,1-4H3,(H2,22,23,24);1H. The highest BCUT2D eigenvalue weighted by molar-refractivity contribution is 14.0. The van der Waals surface area contributed by atoms with E-state index in [1.807, 2.05) is 0 Å². The number of hydrogen-bond acceptors (Lipinski definition) is 3. The molecule has 5 nitrogen and oxygen atoms in total. The molecule has 2 N–H and O–H groups in total. The molecule has 0 aromatic heterocycles. The summed E-state index contributed by atoms with van der Waals surface area (Å²) >= 11 is 0. The molecule has 1 heterocycles. The van der Waals surface area contributed by atoms with Crippen LogP contribution in [0.5, 0.6) is 0 Å². The van der Waals surface area contributed by atoms with Crippen molar-refractivity contribution in [2.75, 3.05) is 19.8 Å². The third-order valence-corrected chi connectivity index (χ3v) is 7.71. The van der Waals surface area contributed by atoms with Crippen LogP contribution in [-0.4, -0.2) is 50.0 Å². The Kier molecular flexibility index (Phi) is 6.68. The van der Waals surface area contributed by atoms with E-state index in [9.17, 15) is 0 Å². The first kappa shape index (κ1) is 21.6. The van der Waals surface area contributed by atoms with Crippen LogP contribution >= 0.6 is 24.0 Å². The van der Waals surface area contributed by atoms with Gasteiger partial charge < -0.3 is 20.1 Å². The lowest BCUT2D eigenvalue weighted by atomic mass is 9.57. The maximum Gasteiger partial charge on any atom is 0.191 e. The van der Waals surface area contributed by atoms with E-state index in [4.69, 9.17) is 14.5 Å². The number of nitrogens with one attached hydrogen (secondary N) is 2. The maximum absolute atomic E-state index is 6.07. The Bertz CT molecular complexity index is 548. The molecule has 3 aliphatic carbocycles. The zero-order chi connectivity index (χ0) is 18.4. The number of hydrogen-bond donors (Lipinski definition) is 2. The van der Waals surface area contributed by atoms with Crippen molar-refractivity contribution in [1.82, 2.24) is 10.6 Å². The van der Waals surface area contributed by atoms with Gasteiger partial charge in [0.2, 0.25) is 0 Å². The second-order valence-electron chi connectivity index (χ2n) is 9.33.